The summed E-state index contributed by atoms with van der Waals surface area (Å²) in [4.78, 5) is 8.35. The molecule has 0 unspecified atom stereocenters. The predicted molar refractivity (Wildman–Crippen MR) is 101 cm³/mol. The highest BCUT2D eigenvalue weighted by Gasteiger charge is 2.10. The van der Waals surface area contributed by atoms with E-state index in [1.54, 1.807) is 6.07 Å². The molecule has 8 nitrogen and oxygen atoms in total. The van der Waals surface area contributed by atoms with Crippen molar-refractivity contribution in [1.82, 2.24) is 15.1 Å². The van der Waals surface area contributed by atoms with Gasteiger partial charge in [0, 0.05) is 11.8 Å². The third-order valence-corrected chi connectivity index (χ3v) is 3.64. The van der Waals surface area contributed by atoms with Crippen molar-refractivity contribution < 1.29 is 9.26 Å². The van der Waals surface area contributed by atoms with Crippen molar-refractivity contribution >= 4 is 28.8 Å². The summed E-state index contributed by atoms with van der Waals surface area (Å²) < 4.78 is 10.7. The Morgan fingerprint density at radius 1 is 1.12 bits per heavy atom. The number of aromatic nitrogens is 3. The Balaban J connectivity index is 1.68. The van der Waals surface area contributed by atoms with Crippen LogP contribution >= 0.6 is 0 Å². The second-order valence-electron chi connectivity index (χ2n) is 5.78. The lowest BCUT2D eigenvalue weighted by molar-refractivity contribution is 0.309. The summed E-state index contributed by atoms with van der Waals surface area (Å²) >= 11 is 0. The molecule has 0 aliphatic rings. The van der Waals surface area contributed by atoms with Gasteiger partial charge >= 0.3 is 0 Å². The molecule has 0 spiro atoms. The van der Waals surface area contributed by atoms with E-state index in [0.29, 0.717) is 28.9 Å². The average molecular weight is 354 g/mol. The third kappa shape index (κ3) is 4.41. The first-order valence-electron chi connectivity index (χ1n) is 8.46. The fourth-order valence-electron chi connectivity index (χ4n) is 2.25. The molecule has 2 heterocycles. The number of anilines is 5. The number of aryl methyl sites for hydroxylation is 1. The fraction of sp³-hybridized carbons (Fsp3) is 0.278. The number of ether oxygens (including phenoxy) is 1. The summed E-state index contributed by atoms with van der Waals surface area (Å²) in [5, 5.41) is 10.1. The van der Waals surface area contributed by atoms with E-state index < -0.39 is 0 Å². The van der Waals surface area contributed by atoms with Gasteiger partial charge in [0.1, 0.15) is 23.5 Å². The summed E-state index contributed by atoms with van der Waals surface area (Å²) in [6.07, 6.45) is 3.57. The molecule has 0 aliphatic heterocycles. The number of nitrogens with zero attached hydrogens (tertiary/aromatic N) is 3. The molecule has 0 saturated carbocycles. The Hall–Kier alpha value is -3.29. The molecule has 1 aromatic carbocycles. The normalized spacial score (nSPS) is 10.5. The van der Waals surface area contributed by atoms with Crippen LogP contribution < -0.4 is 21.1 Å². The first kappa shape index (κ1) is 17.5. The monoisotopic (exact) mass is 354 g/mol. The van der Waals surface area contributed by atoms with Crippen molar-refractivity contribution in [2.24, 2.45) is 0 Å². The van der Waals surface area contributed by atoms with Gasteiger partial charge < -0.3 is 25.6 Å². The Bertz CT molecular complexity index is 847. The van der Waals surface area contributed by atoms with E-state index in [1.807, 2.05) is 31.2 Å². The van der Waals surface area contributed by atoms with Crippen molar-refractivity contribution in [3.05, 3.63) is 42.4 Å². The van der Waals surface area contributed by atoms with E-state index in [-0.39, 0.29) is 0 Å². The highest BCUT2D eigenvalue weighted by molar-refractivity contribution is 5.79. The minimum atomic E-state index is 0.386. The van der Waals surface area contributed by atoms with Gasteiger partial charge in [-0.15, -0.1) is 0 Å². The van der Waals surface area contributed by atoms with Crippen LogP contribution in [0.2, 0.25) is 0 Å². The number of hydrogen-bond acceptors (Lipinski definition) is 8. The summed E-state index contributed by atoms with van der Waals surface area (Å²) in [6.45, 7) is 4.66. The van der Waals surface area contributed by atoms with E-state index in [1.165, 1.54) is 6.33 Å². The first-order valence-corrected chi connectivity index (χ1v) is 8.46. The Labute approximate surface area is 151 Å². The molecule has 0 atom stereocenters. The van der Waals surface area contributed by atoms with Crippen molar-refractivity contribution in [1.29, 1.82) is 0 Å². The topological polar surface area (TPSA) is 111 Å². The van der Waals surface area contributed by atoms with E-state index in [4.69, 9.17) is 15.0 Å². The average Bonchev–Trinajstić information content (AvgIpc) is 3.05. The van der Waals surface area contributed by atoms with Gasteiger partial charge in [-0.05, 0) is 37.6 Å². The lowest BCUT2D eigenvalue weighted by Crippen LogP contribution is -2.05. The number of rotatable bonds is 8. The van der Waals surface area contributed by atoms with Gasteiger partial charge in [-0.1, -0.05) is 18.5 Å². The van der Waals surface area contributed by atoms with Crippen LogP contribution in [0.5, 0.6) is 5.75 Å². The van der Waals surface area contributed by atoms with Crippen LogP contribution in [0.3, 0.4) is 0 Å². The molecule has 8 heteroatoms. The van der Waals surface area contributed by atoms with Crippen LogP contribution in [0.1, 0.15) is 25.5 Å². The molecule has 0 amide bonds. The van der Waals surface area contributed by atoms with Crippen LogP contribution in [-0.2, 0) is 0 Å². The molecule has 0 radical (unpaired) electrons. The van der Waals surface area contributed by atoms with Gasteiger partial charge in [0.05, 0.1) is 6.61 Å². The zero-order valence-electron chi connectivity index (χ0n) is 14.8. The standard InChI is InChI=1S/C18H22N6O2/c1-3-4-9-25-14-7-5-13(6-8-14)22-17-16(19)18(21-11-20-17)23-15-10-12(2)26-24-15/h5-8,10-11H,3-4,9,19H2,1-2H3,(H2,20,21,22,23,24). The smallest absolute Gasteiger partial charge is 0.175 e. The van der Waals surface area contributed by atoms with Crippen LogP contribution in [0.25, 0.3) is 0 Å². The number of benzene rings is 1. The molecule has 3 rings (SSSR count). The molecule has 0 saturated heterocycles. The largest absolute Gasteiger partial charge is 0.494 e. The van der Waals surface area contributed by atoms with Gasteiger partial charge in [0.15, 0.2) is 17.5 Å². The van der Waals surface area contributed by atoms with Crippen LogP contribution in [0, 0.1) is 6.92 Å². The van der Waals surface area contributed by atoms with Crippen LogP contribution in [0.15, 0.2) is 41.2 Å². The summed E-state index contributed by atoms with van der Waals surface area (Å²) in [7, 11) is 0. The van der Waals surface area contributed by atoms with Crippen LogP contribution in [0.4, 0.5) is 28.8 Å². The van der Waals surface area contributed by atoms with E-state index in [9.17, 15) is 0 Å². The minimum Gasteiger partial charge on any atom is -0.494 e. The maximum Gasteiger partial charge on any atom is 0.175 e. The lowest BCUT2D eigenvalue weighted by atomic mass is 10.3. The quantitative estimate of drug-likeness (QED) is 0.520. The van der Waals surface area contributed by atoms with Crippen molar-refractivity contribution in [3.63, 3.8) is 0 Å². The molecule has 0 bridgehead atoms. The second-order valence-corrected chi connectivity index (χ2v) is 5.78. The maximum atomic E-state index is 6.16. The van der Waals surface area contributed by atoms with Crippen LogP contribution in [-0.4, -0.2) is 21.7 Å². The molecular formula is C18H22N6O2. The highest BCUT2D eigenvalue weighted by Crippen LogP contribution is 2.28. The zero-order valence-corrected chi connectivity index (χ0v) is 14.8. The number of hydrogen-bond donors (Lipinski definition) is 3. The van der Waals surface area contributed by atoms with Gasteiger partial charge in [-0.25, -0.2) is 9.97 Å². The van der Waals surface area contributed by atoms with Gasteiger partial charge in [-0.2, -0.15) is 0 Å². The Morgan fingerprint density at radius 2 is 1.85 bits per heavy atom. The molecule has 2 aromatic heterocycles. The molecule has 3 aromatic rings. The second kappa shape index (κ2) is 8.19. The van der Waals surface area contributed by atoms with Crippen molar-refractivity contribution in [2.75, 3.05) is 23.0 Å². The molecule has 4 N–H and O–H groups in total. The number of nitrogen functional groups attached to an aromatic ring is 1. The summed E-state index contributed by atoms with van der Waals surface area (Å²) in [6, 6.07) is 9.40. The first-order chi connectivity index (χ1) is 12.7. The molecule has 26 heavy (non-hydrogen) atoms. The Kier molecular flexibility index (Phi) is 5.52. The SMILES string of the molecule is CCCCOc1ccc(Nc2ncnc(Nc3cc(C)on3)c2N)cc1. The molecule has 0 aliphatic carbocycles. The molecule has 0 fully saturated rings. The van der Waals surface area contributed by atoms with Gasteiger partial charge in [-0.3, -0.25) is 0 Å². The van der Waals surface area contributed by atoms with Gasteiger partial charge in [0.2, 0.25) is 0 Å². The molecular weight excluding hydrogens is 332 g/mol. The van der Waals surface area contributed by atoms with E-state index in [0.717, 1.165) is 30.9 Å². The number of nitrogens with one attached hydrogen (secondary N) is 2. The fourth-order valence-corrected chi connectivity index (χ4v) is 2.25. The van der Waals surface area contributed by atoms with Crippen molar-refractivity contribution in [3.8, 4) is 5.75 Å². The van der Waals surface area contributed by atoms with E-state index in [2.05, 4.69) is 32.7 Å². The predicted octanol–water partition coefficient (Wildman–Crippen LogP) is 4.02. The summed E-state index contributed by atoms with van der Waals surface area (Å²) in [5.74, 6) is 3.02. The summed E-state index contributed by atoms with van der Waals surface area (Å²) in [5.41, 5.74) is 7.40. The molecule has 136 valence electrons. The minimum absolute atomic E-state index is 0.386. The zero-order chi connectivity index (χ0) is 18.4. The lowest BCUT2D eigenvalue weighted by Gasteiger charge is -2.12. The Morgan fingerprint density at radius 3 is 2.50 bits per heavy atom. The van der Waals surface area contributed by atoms with E-state index >= 15 is 0 Å². The number of nitrogens with two attached hydrogens (primary N) is 1. The third-order valence-electron chi connectivity index (χ3n) is 3.64. The number of unbranched alkanes of at least 4 members (excludes halogenated alkanes) is 1. The van der Waals surface area contributed by atoms with Crippen molar-refractivity contribution in [2.45, 2.75) is 26.7 Å². The maximum absolute atomic E-state index is 6.16. The highest BCUT2D eigenvalue weighted by atomic mass is 16.5. The van der Waals surface area contributed by atoms with Gasteiger partial charge in [0.25, 0.3) is 0 Å².